The van der Waals surface area contributed by atoms with Crippen LogP contribution >= 0.6 is 11.6 Å². The third kappa shape index (κ3) is 5.13. The van der Waals surface area contributed by atoms with Crippen molar-refractivity contribution < 1.29 is 4.79 Å². The molecule has 148 valence electrons. The van der Waals surface area contributed by atoms with Crippen molar-refractivity contribution in [2.75, 3.05) is 23.3 Å². The van der Waals surface area contributed by atoms with Gasteiger partial charge in [-0.05, 0) is 48.4 Å². The second-order valence-electron chi connectivity index (χ2n) is 7.16. The summed E-state index contributed by atoms with van der Waals surface area (Å²) in [6, 6.07) is 21.5. The first-order valence-electron chi connectivity index (χ1n) is 9.72. The summed E-state index contributed by atoms with van der Waals surface area (Å²) in [7, 11) is 0. The predicted molar refractivity (Wildman–Crippen MR) is 118 cm³/mol. The lowest BCUT2D eigenvalue weighted by Gasteiger charge is -2.18. The van der Waals surface area contributed by atoms with Crippen LogP contribution in [0.25, 0.3) is 0 Å². The summed E-state index contributed by atoms with van der Waals surface area (Å²) in [6.45, 7) is 2.67. The number of anilines is 2. The van der Waals surface area contributed by atoms with E-state index < -0.39 is 0 Å². The summed E-state index contributed by atoms with van der Waals surface area (Å²) in [5.74, 6) is 0.747. The van der Waals surface area contributed by atoms with Gasteiger partial charge in [-0.15, -0.1) is 0 Å². The number of hydrogen-bond acceptors (Lipinski definition) is 4. The minimum Gasteiger partial charge on any atom is -0.355 e. The first-order chi connectivity index (χ1) is 14.2. The molecule has 1 unspecified atom stereocenters. The normalized spacial score (nSPS) is 16.0. The number of nitrogens with zero attached hydrogens (tertiary/aromatic N) is 2. The van der Waals surface area contributed by atoms with Crippen LogP contribution in [-0.2, 0) is 6.54 Å². The Kier molecular flexibility index (Phi) is 6.08. The molecule has 1 saturated heterocycles. The highest BCUT2D eigenvalue weighted by molar-refractivity contribution is 6.30. The van der Waals surface area contributed by atoms with E-state index in [-0.39, 0.29) is 5.91 Å². The summed E-state index contributed by atoms with van der Waals surface area (Å²) < 4.78 is 0. The Balaban J connectivity index is 1.30. The van der Waals surface area contributed by atoms with Crippen LogP contribution in [0.1, 0.15) is 22.3 Å². The molecule has 29 heavy (non-hydrogen) atoms. The largest absolute Gasteiger partial charge is 0.355 e. The van der Waals surface area contributed by atoms with Gasteiger partial charge in [0.05, 0.1) is 5.56 Å². The lowest BCUT2D eigenvalue weighted by molar-refractivity contribution is 0.102. The van der Waals surface area contributed by atoms with Crippen LogP contribution in [0.2, 0.25) is 5.02 Å². The maximum absolute atomic E-state index is 12.4. The Hall–Kier alpha value is -2.89. The minimum absolute atomic E-state index is 0.154. The van der Waals surface area contributed by atoms with Crippen molar-refractivity contribution in [1.82, 2.24) is 10.3 Å². The van der Waals surface area contributed by atoms with Crippen LogP contribution in [0.15, 0.2) is 72.9 Å². The molecule has 0 aliphatic carbocycles. The third-order valence-corrected chi connectivity index (χ3v) is 5.31. The summed E-state index contributed by atoms with van der Waals surface area (Å²) in [6.07, 6.45) is 2.70. The van der Waals surface area contributed by atoms with Crippen LogP contribution in [0.4, 0.5) is 11.5 Å². The molecule has 1 aliphatic rings. The SMILES string of the molecule is O=C(Nc1ccccc1)c1ccc(N2CCC(NCc3ccc(Cl)cc3)C2)nc1. The maximum Gasteiger partial charge on any atom is 0.257 e. The van der Waals surface area contributed by atoms with Crippen molar-refractivity contribution in [1.29, 1.82) is 0 Å². The quantitative estimate of drug-likeness (QED) is 0.638. The topological polar surface area (TPSA) is 57.3 Å². The molecule has 0 bridgehead atoms. The van der Waals surface area contributed by atoms with Gasteiger partial charge in [-0.1, -0.05) is 41.9 Å². The van der Waals surface area contributed by atoms with Crippen molar-refractivity contribution in [2.24, 2.45) is 0 Å². The zero-order valence-electron chi connectivity index (χ0n) is 16.0. The molecule has 4 rings (SSSR count). The Bertz CT molecular complexity index is 945. The number of aromatic nitrogens is 1. The van der Waals surface area contributed by atoms with E-state index in [2.05, 4.69) is 20.5 Å². The van der Waals surface area contributed by atoms with Crippen LogP contribution in [0.3, 0.4) is 0 Å². The lowest BCUT2D eigenvalue weighted by Crippen LogP contribution is -2.32. The fourth-order valence-electron chi connectivity index (χ4n) is 3.43. The van der Waals surface area contributed by atoms with Gasteiger partial charge in [0.1, 0.15) is 5.82 Å². The molecule has 0 radical (unpaired) electrons. The highest BCUT2D eigenvalue weighted by Crippen LogP contribution is 2.19. The van der Waals surface area contributed by atoms with Crippen LogP contribution in [0, 0.1) is 0 Å². The lowest BCUT2D eigenvalue weighted by atomic mass is 10.2. The minimum atomic E-state index is -0.154. The van der Waals surface area contributed by atoms with E-state index in [0.717, 1.165) is 42.6 Å². The van der Waals surface area contributed by atoms with E-state index in [1.54, 1.807) is 6.20 Å². The van der Waals surface area contributed by atoms with E-state index in [1.807, 2.05) is 66.7 Å². The van der Waals surface area contributed by atoms with Crippen molar-refractivity contribution in [2.45, 2.75) is 19.0 Å². The van der Waals surface area contributed by atoms with Crippen LogP contribution in [-0.4, -0.2) is 30.0 Å². The van der Waals surface area contributed by atoms with Gasteiger partial charge >= 0.3 is 0 Å². The third-order valence-electron chi connectivity index (χ3n) is 5.06. The average molecular weight is 407 g/mol. The monoisotopic (exact) mass is 406 g/mol. The first-order valence-corrected chi connectivity index (χ1v) is 10.1. The molecule has 1 aliphatic heterocycles. The number of halogens is 1. The molecule has 5 nitrogen and oxygen atoms in total. The second-order valence-corrected chi connectivity index (χ2v) is 7.60. The number of nitrogens with one attached hydrogen (secondary N) is 2. The molecular formula is C23H23ClN4O. The number of rotatable bonds is 6. The number of carbonyl (C=O) groups excluding carboxylic acids is 1. The van der Waals surface area contributed by atoms with E-state index in [1.165, 1.54) is 5.56 Å². The van der Waals surface area contributed by atoms with Gasteiger partial charge in [0, 0.05) is 42.6 Å². The van der Waals surface area contributed by atoms with Gasteiger partial charge in [-0.2, -0.15) is 0 Å². The average Bonchev–Trinajstić information content (AvgIpc) is 3.23. The summed E-state index contributed by atoms with van der Waals surface area (Å²) in [5.41, 5.74) is 2.55. The molecular weight excluding hydrogens is 384 g/mol. The van der Waals surface area contributed by atoms with E-state index in [9.17, 15) is 4.79 Å². The first kappa shape index (κ1) is 19.4. The molecule has 2 N–H and O–H groups in total. The zero-order valence-corrected chi connectivity index (χ0v) is 16.8. The van der Waals surface area contributed by atoms with E-state index in [0.29, 0.717) is 11.6 Å². The van der Waals surface area contributed by atoms with Gasteiger partial charge in [-0.3, -0.25) is 4.79 Å². The van der Waals surface area contributed by atoms with Gasteiger partial charge in [0.2, 0.25) is 0 Å². The number of benzene rings is 2. The van der Waals surface area contributed by atoms with Gasteiger partial charge in [0.25, 0.3) is 5.91 Å². The van der Waals surface area contributed by atoms with Crippen molar-refractivity contribution in [3.63, 3.8) is 0 Å². The predicted octanol–water partition coefficient (Wildman–Crippen LogP) is 4.36. The summed E-state index contributed by atoms with van der Waals surface area (Å²) in [5, 5.41) is 7.23. The molecule has 0 saturated carbocycles. The van der Waals surface area contributed by atoms with Crippen LogP contribution in [0.5, 0.6) is 0 Å². The van der Waals surface area contributed by atoms with Gasteiger partial charge in [-0.25, -0.2) is 4.98 Å². The number of pyridine rings is 1. The van der Waals surface area contributed by atoms with Crippen molar-refractivity contribution in [3.8, 4) is 0 Å². The molecule has 1 amide bonds. The number of amides is 1. The van der Waals surface area contributed by atoms with Gasteiger partial charge in [0.15, 0.2) is 0 Å². The van der Waals surface area contributed by atoms with Crippen molar-refractivity contribution >= 4 is 29.0 Å². The Morgan fingerprint density at radius 2 is 1.86 bits per heavy atom. The molecule has 1 atom stereocenters. The summed E-state index contributed by atoms with van der Waals surface area (Å²) in [4.78, 5) is 19.1. The van der Waals surface area contributed by atoms with E-state index in [4.69, 9.17) is 11.6 Å². The molecule has 2 heterocycles. The van der Waals surface area contributed by atoms with Crippen molar-refractivity contribution in [3.05, 3.63) is 89.1 Å². The fourth-order valence-corrected chi connectivity index (χ4v) is 3.56. The molecule has 2 aromatic carbocycles. The fraction of sp³-hybridized carbons (Fsp3) is 0.217. The van der Waals surface area contributed by atoms with Crippen LogP contribution < -0.4 is 15.5 Å². The molecule has 1 aromatic heterocycles. The Morgan fingerprint density at radius 3 is 2.59 bits per heavy atom. The second kappa shape index (κ2) is 9.07. The molecule has 0 spiro atoms. The maximum atomic E-state index is 12.4. The van der Waals surface area contributed by atoms with E-state index >= 15 is 0 Å². The Morgan fingerprint density at radius 1 is 1.07 bits per heavy atom. The Labute approximate surface area is 175 Å². The van der Waals surface area contributed by atoms with Gasteiger partial charge < -0.3 is 15.5 Å². The molecule has 1 fully saturated rings. The highest BCUT2D eigenvalue weighted by Gasteiger charge is 2.23. The number of carbonyl (C=O) groups is 1. The number of para-hydroxylation sites is 1. The molecule has 3 aromatic rings. The number of hydrogen-bond donors (Lipinski definition) is 2. The smallest absolute Gasteiger partial charge is 0.257 e. The standard InChI is InChI=1S/C23H23ClN4O/c24-19-9-6-17(7-10-19)14-25-21-12-13-28(16-21)22-11-8-18(15-26-22)23(29)27-20-4-2-1-3-5-20/h1-11,15,21,25H,12-14,16H2,(H,27,29). The summed E-state index contributed by atoms with van der Waals surface area (Å²) >= 11 is 5.94. The molecule has 6 heteroatoms. The zero-order chi connectivity index (χ0) is 20.1. The highest BCUT2D eigenvalue weighted by atomic mass is 35.5.